The molecule has 0 aliphatic rings. The highest BCUT2D eigenvalue weighted by Gasteiger charge is 2.44. The Morgan fingerprint density at radius 2 is 0.463 bits per heavy atom. The van der Waals surface area contributed by atoms with Crippen LogP contribution < -0.4 is 17.1 Å². The van der Waals surface area contributed by atoms with Gasteiger partial charge in [-0.2, -0.15) is 0 Å². The first-order valence-corrected chi connectivity index (χ1v) is 26.6. The van der Waals surface area contributed by atoms with Crippen molar-refractivity contribution in [3.63, 3.8) is 0 Å². The summed E-state index contributed by atoms with van der Waals surface area (Å²) in [5.41, 5.74) is -2.19. The molecule has 0 spiro atoms. The third kappa shape index (κ3) is 17.1. The van der Waals surface area contributed by atoms with Crippen molar-refractivity contribution < 1.29 is 39.8 Å². The van der Waals surface area contributed by atoms with E-state index in [0.717, 1.165) is 71.5 Å². The number of nitrogens with zero attached hydrogens (tertiary/aromatic N) is 3. The van der Waals surface area contributed by atoms with Gasteiger partial charge >= 0.3 is 43.5 Å². The van der Waals surface area contributed by atoms with Gasteiger partial charge in [-0.05, 0) is 57.8 Å². The Morgan fingerprint density at radius 3 is 0.593 bits per heavy atom. The Kier molecular flexibility index (Phi) is 27.2. The Labute approximate surface area is 328 Å². The van der Waals surface area contributed by atoms with Gasteiger partial charge in [0.2, 0.25) is 0 Å². The molecule has 0 fully saturated rings. The molecule has 318 valence electrons. The maximum Gasteiger partial charge on any atom is 0.502 e. The molecule has 18 heteroatoms. The van der Waals surface area contributed by atoms with Crippen LogP contribution in [0, 0.1) is 0 Å². The van der Waals surface area contributed by atoms with Crippen molar-refractivity contribution in [2.75, 3.05) is 59.5 Å². The summed E-state index contributed by atoms with van der Waals surface area (Å²) in [5.74, 6) is 0. The van der Waals surface area contributed by atoms with E-state index in [4.69, 9.17) is 39.8 Å². The summed E-state index contributed by atoms with van der Waals surface area (Å²) in [6, 6.07) is 0.528. The van der Waals surface area contributed by atoms with E-state index >= 15 is 0 Å². The molecular weight excluding hydrogens is 751 g/mol. The summed E-state index contributed by atoms with van der Waals surface area (Å²) in [4.78, 5) is 43.0. The summed E-state index contributed by atoms with van der Waals surface area (Å²) in [6.45, 7) is 21.6. The molecule has 1 heterocycles. The monoisotopic (exact) mass is 825 g/mol. The molecule has 0 aliphatic heterocycles. The van der Waals surface area contributed by atoms with Crippen LogP contribution in [0.25, 0.3) is 0 Å². The van der Waals surface area contributed by atoms with E-state index in [1.165, 1.54) is 0 Å². The van der Waals surface area contributed by atoms with Crippen molar-refractivity contribution in [1.82, 2.24) is 13.7 Å². The van der Waals surface area contributed by atoms with E-state index in [2.05, 4.69) is 0 Å². The lowest BCUT2D eigenvalue weighted by Crippen LogP contribution is -2.58. The van der Waals surface area contributed by atoms with Crippen LogP contribution in [-0.4, -0.2) is 99.6 Å². The van der Waals surface area contributed by atoms with Crippen LogP contribution >= 0.6 is 0 Å². The predicted octanol–water partition coefficient (Wildman–Crippen LogP) is 5.83. The Bertz CT molecular complexity index is 1050. The highest BCUT2D eigenvalue weighted by Crippen LogP contribution is 2.21. The quantitative estimate of drug-likeness (QED) is 0.0750. The molecule has 0 N–H and O–H groups in total. The highest BCUT2D eigenvalue weighted by atomic mass is 28.4. The fourth-order valence-electron chi connectivity index (χ4n) is 5.35. The van der Waals surface area contributed by atoms with Crippen LogP contribution in [0.2, 0.25) is 18.1 Å². The van der Waals surface area contributed by atoms with Crippen LogP contribution in [0.15, 0.2) is 14.4 Å². The molecule has 0 radical (unpaired) electrons. The van der Waals surface area contributed by atoms with Gasteiger partial charge in [0.25, 0.3) is 0 Å². The molecule has 1 aromatic rings. The van der Waals surface area contributed by atoms with Crippen molar-refractivity contribution in [3.05, 3.63) is 31.5 Å². The molecule has 54 heavy (non-hydrogen) atoms. The Hall–Kier alpha value is -1.30. The molecule has 1 aromatic heterocycles. The lowest BCUT2D eigenvalue weighted by atomic mass is 10.5. The fourth-order valence-corrected chi connectivity index (χ4v) is 13.5. The number of aromatic nitrogens is 3. The molecule has 15 nitrogen and oxygen atoms in total. The van der Waals surface area contributed by atoms with Crippen molar-refractivity contribution in [1.29, 1.82) is 0 Å². The van der Waals surface area contributed by atoms with Crippen molar-refractivity contribution >= 4 is 26.4 Å². The van der Waals surface area contributed by atoms with Gasteiger partial charge in [0, 0.05) is 97.2 Å². The molecule has 1 rings (SSSR count). The Balaban J connectivity index is 3.93. The second-order valence-corrected chi connectivity index (χ2v) is 21.4. The summed E-state index contributed by atoms with van der Waals surface area (Å²) in [6.07, 6.45) is 6.71. The van der Waals surface area contributed by atoms with E-state index in [0.29, 0.717) is 59.5 Å². The SMILES string of the molecule is CCCO[Si](CCn1c(=O)n(CC[Si](OCCC)(OCCC)OCCC)c(=O)n(CC[Si](OCCC)(OCCC)OCCC)c1=O)(OCCC)OCCC. The lowest BCUT2D eigenvalue weighted by molar-refractivity contribution is 0.0579. The van der Waals surface area contributed by atoms with E-state index in [9.17, 15) is 14.4 Å². The van der Waals surface area contributed by atoms with Crippen LogP contribution in [-0.2, 0) is 59.5 Å². The van der Waals surface area contributed by atoms with Crippen LogP contribution in [0.1, 0.15) is 120 Å². The van der Waals surface area contributed by atoms with Gasteiger partial charge in [0.15, 0.2) is 0 Å². The molecule has 0 saturated heterocycles. The van der Waals surface area contributed by atoms with E-state index < -0.39 is 43.5 Å². The molecule has 0 amide bonds. The molecule has 0 atom stereocenters. The highest BCUT2D eigenvalue weighted by molar-refractivity contribution is 6.61. The zero-order valence-corrected chi connectivity index (χ0v) is 38.2. The van der Waals surface area contributed by atoms with E-state index in [1.807, 2.05) is 62.3 Å². The van der Waals surface area contributed by atoms with Gasteiger partial charge in [-0.3, -0.25) is 0 Å². The van der Waals surface area contributed by atoms with Gasteiger partial charge in [-0.15, -0.1) is 0 Å². The minimum Gasteiger partial charge on any atom is -0.373 e. The normalized spacial score (nSPS) is 12.6. The molecular formula is C36H75N3O12Si3. The van der Waals surface area contributed by atoms with Crippen LogP contribution in [0.3, 0.4) is 0 Å². The summed E-state index contributed by atoms with van der Waals surface area (Å²) in [5, 5.41) is 0. The average molecular weight is 826 g/mol. The molecule has 0 saturated carbocycles. The van der Waals surface area contributed by atoms with Gasteiger partial charge < -0.3 is 39.8 Å². The second-order valence-electron chi connectivity index (χ2n) is 13.2. The maximum atomic E-state index is 14.3. The fraction of sp³-hybridized carbons (Fsp3) is 0.917. The third-order valence-electron chi connectivity index (χ3n) is 8.05. The predicted molar refractivity (Wildman–Crippen MR) is 217 cm³/mol. The van der Waals surface area contributed by atoms with Gasteiger partial charge in [0.05, 0.1) is 0 Å². The maximum absolute atomic E-state index is 14.3. The largest absolute Gasteiger partial charge is 0.502 e. The molecule has 0 unspecified atom stereocenters. The molecule has 0 aliphatic carbocycles. The summed E-state index contributed by atoms with van der Waals surface area (Å²) >= 11 is 0. The zero-order chi connectivity index (χ0) is 40.3. The molecule has 0 bridgehead atoms. The van der Waals surface area contributed by atoms with Gasteiger partial charge in [-0.25, -0.2) is 28.1 Å². The minimum atomic E-state index is -3.32. The van der Waals surface area contributed by atoms with Crippen LogP contribution in [0.5, 0.6) is 0 Å². The summed E-state index contributed by atoms with van der Waals surface area (Å²) in [7, 11) is -9.97. The third-order valence-corrected chi connectivity index (χ3v) is 16.3. The number of hydrogen-bond donors (Lipinski definition) is 0. The van der Waals surface area contributed by atoms with Crippen LogP contribution in [0.4, 0.5) is 0 Å². The first kappa shape index (κ1) is 50.7. The van der Waals surface area contributed by atoms with Crippen molar-refractivity contribution in [2.45, 2.75) is 158 Å². The number of hydrogen-bond acceptors (Lipinski definition) is 12. The zero-order valence-electron chi connectivity index (χ0n) is 35.2. The smallest absolute Gasteiger partial charge is 0.373 e. The average Bonchev–Trinajstić information content (AvgIpc) is 3.18. The van der Waals surface area contributed by atoms with Crippen molar-refractivity contribution in [3.8, 4) is 0 Å². The lowest BCUT2D eigenvalue weighted by Gasteiger charge is -2.31. The van der Waals surface area contributed by atoms with Crippen molar-refractivity contribution in [2.24, 2.45) is 0 Å². The topological polar surface area (TPSA) is 149 Å². The summed E-state index contributed by atoms with van der Waals surface area (Å²) < 4.78 is 59.9. The Morgan fingerprint density at radius 1 is 0.315 bits per heavy atom. The van der Waals surface area contributed by atoms with Gasteiger partial charge in [0.1, 0.15) is 0 Å². The molecule has 0 aromatic carbocycles. The second kappa shape index (κ2) is 29.0. The van der Waals surface area contributed by atoms with E-state index in [1.54, 1.807) is 0 Å². The van der Waals surface area contributed by atoms with Gasteiger partial charge in [-0.1, -0.05) is 62.3 Å². The minimum absolute atomic E-state index is 0.0670. The first-order valence-electron chi connectivity index (χ1n) is 20.8. The standard InChI is InChI=1S/C36H75N3O12Si3/c1-10-22-43-52(44-23-11-2,45-24-12-3)31-19-37-34(40)38(20-32-53(46-25-13-4,47-26-14-5)48-27-15-6)36(42)39(35(37)41)21-33-54(49-28-16-7,50-29-17-8)51-30-18-9/h10-33H2,1-9H3. The first-order chi connectivity index (χ1) is 26.1. The van der Waals surface area contributed by atoms with E-state index in [-0.39, 0.29) is 37.8 Å². The number of rotatable bonds is 36.